The second kappa shape index (κ2) is 3.00. The molecular formula is C10H12F3NO. The minimum Gasteiger partial charge on any atom is -0.364 e. The van der Waals surface area contributed by atoms with Gasteiger partial charge in [0, 0.05) is 5.56 Å². The summed E-state index contributed by atoms with van der Waals surface area (Å²) in [5, 5.41) is 3.54. The zero-order valence-corrected chi connectivity index (χ0v) is 8.56. The maximum atomic E-state index is 12.8. The Morgan fingerprint density at radius 2 is 2.00 bits per heavy atom. The molecule has 0 unspecified atom stereocenters. The van der Waals surface area contributed by atoms with Crippen molar-refractivity contribution in [2.75, 3.05) is 0 Å². The Kier molecular flexibility index (Phi) is 2.10. The Labute approximate surface area is 85.4 Å². The van der Waals surface area contributed by atoms with E-state index in [4.69, 9.17) is 0 Å². The highest BCUT2D eigenvalue weighted by Gasteiger charge is 2.66. The van der Waals surface area contributed by atoms with Crippen LogP contribution in [0.2, 0.25) is 0 Å². The van der Waals surface area contributed by atoms with Crippen LogP contribution in [-0.2, 0) is 5.41 Å². The summed E-state index contributed by atoms with van der Waals surface area (Å²) in [5.41, 5.74) is -1.06. The van der Waals surface area contributed by atoms with Gasteiger partial charge in [0.05, 0.1) is 0 Å². The molecule has 84 valence electrons. The molecule has 5 heteroatoms. The summed E-state index contributed by atoms with van der Waals surface area (Å²) in [6, 6.07) is 0. The van der Waals surface area contributed by atoms with E-state index < -0.39 is 11.6 Å². The topological polar surface area (TPSA) is 26.0 Å². The molecule has 2 rings (SSSR count). The summed E-state index contributed by atoms with van der Waals surface area (Å²) < 4.78 is 43.1. The zero-order chi connectivity index (χ0) is 11.3. The van der Waals surface area contributed by atoms with E-state index in [0.29, 0.717) is 5.56 Å². The molecular weight excluding hydrogens is 207 g/mol. The van der Waals surface area contributed by atoms with Crippen molar-refractivity contribution >= 4 is 0 Å². The van der Waals surface area contributed by atoms with E-state index in [1.54, 1.807) is 0 Å². The van der Waals surface area contributed by atoms with Gasteiger partial charge in [-0.3, -0.25) is 0 Å². The van der Waals surface area contributed by atoms with Crippen molar-refractivity contribution < 1.29 is 17.7 Å². The van der Waals surface area contributed by atoms with Gasteiger partial charge >= 0.3 is 6.18 Å². The van der Waals surface area contributed by atoms with Crippen LogP contribution in [0.5, 0.6) is 0 Å². The van der Waals surface area contributed by atoms with Crippen molar-refractivity contribution in [2.45, 2.75) is 44.2 Å². The summed E-state index contributed by atoms with van der Waals surface area (Å²) in [7, 11) is 0. The first-order valence-corrected chi connectivity index (χ1v) is 4.90. The van der Waals surface area contributed by atoms with Crippen LogP contribution in [-0.4, -0.2) is 11.3 Å². The van der Waals surface area contributed by atoms with Gasteiger partial charge < -0.3 is 4.52 Å². The highest BCUT2D eigenvalue weighted by Crippen LogP contribution is 2.59. The lowest BCUT2D eigenvalue weighted by molar-refractivity contribution is -0.162. The highest BCUT2D eigenvalue weighted by molar-refractivity contribution is 5.34. The van der Waals surface area contributed by atoms with Crippen LogP contribution in [0.15, 0.2) is 10.8 Å². The molecule has 1 aromatic rings. The van der Waals surface area contributed by atoms with Crippen LogP contribution in [0.25, 0.3) is 0 Å². The van der Waals surface area contributed by atoms with E-state index in [2.05, 4.69) is 9.68 Å². The van der Waals surface area contributed by atoms with Crippen LogP contribution < -0.4 is 0 Å². The average Bonchev–Trinajstić information content (AvgIpc) is 2.76. The number of halogens is 3. The second-order valence-corrected chi connectivity index (χ2v) is 4.35. The molecule has 0 aliphatic heterocycles. The van der Waals surface area contributed by atoms with Gasteiger partial charge in [-0.15, -0.1) is 0 Å². The van der Waals surface area contributed by atoms with Gasteiger partial charge in [-0.25, -0.2) is 0 Å². The van der Waals surface area contributed by atoms with Gasteiger partial charge in [0.25, 0.3) is 0 Å². The fourth-order valence-corrected chi connectivity index (χ4v) is 1.80. The molecule has 1 aliphatic carbocycles. The third-order valence-electron chi connectivity index (χ3n) is 2.97. The summed E-state index contributed by atoms with van der Waals surface area (Å²) in [6.07, 6.45) is -2.63. The molecule has 1 heterocycles. The summed E-state index contributed by atoms with van der Waals surface area (Å²) in [4.78, 5) is 0. The minimum absolute atomic E-state index is 0.00562. The number of aromatic nitrogens is 1. The van der Waals surface area contributed by atoms with Crippen molar-refractivity contribution in [3.63, 3.8) is 0 Å². The zero-order valence-electron chi connectivity index (χ0n) is 8.56. The van der Waals surface area contributed by atoms with Gasteiger partial charge in [0.15, 0.2) is 0 Å². The van der Waals surface area contributed by atoms with Crippen LogP contribution in [0, 0.1) is 0 Å². The van der Waals surface area contributed by atoms with Gasteiger partial charge in [-0.2, -0.15) is 13.2 Å². The van der Waals surface area contributed by atoms with E-state index in [9.17, 15) is 13.2 Å². The molecule has 0 bridgehead atoms. The lowest BCUT2D eigenvalue weighted by Crippen LogP contribution is -2.30. The van der Waals surface area contributed by atoms with Crippen LogP contribution >= 0.6 is 0 Å². The molecule has 0 atom stereocenters. The van der Waals surface area contributed by atoms with Crippen LogP contribution in [0.1, 0.15) is 43.9 Å². The highest BCUT2D eigenvalue weighted by atomic mass is 19.4. The van der Waals surface area contributed by atoms with Gasteiger partial charge in [0.2, 0.25) is 0 Å². The fraction of sp³-hybridized carbons (Fsp3) is 0.700. The molecule has 0 amide bonds. The third kappa shape index (κ3) is 1.44. The van der Waals surface area contributed by atoms with Crippen molar-refractivity contribution in [1.82, 2.24) is 5.16 Å². The molecule has 1 fully saturated rings. The molecule has 1 aliphatic rings. The Morgan fingerprint density at radius 3 is 2.40 bits per heavy atom. The van der Waals surface area contributed by atoms with E-state index in [-0.39, 0.29) is 24.5 Å². The molecule has 15 heavy (non-hydrogen) atoms. The normalized spacial score (nSPS) is 19.6. The molecule has 0 spiro atoms. The molecule has 0 aromatic carbocycles. The maximum Gasteiger partial charge on any atom is 0.400 e. The second-order valence-electron chi connectivity index (χ2n) is 4.35. The Hall–Kier alpha value is -1.00. The van der Waals surface area contributed by atoms with E-state index in [0.717, 1.165) is 0 Å². The van der Waals surface area contributed by atoms with E-state index in [1.807, 2.05) is 13.8 Å². The number of hydrogen-bond acceptors (Lipinski definition) is 2. The SMILES string of the molecule is CC(C)c1conc1C1(C(F)(F)F)CC1. The lowest BCUT2D eigenvalue weighted by Gasteiger charge is -2.18. The standard InChI is InChI=1S/C10H12F3NO/c1-6(2)7-5-15-14-8(7)9(3-4-9)10(11,12)13/h5-6H,3-4H2,1-2H3. The third-order valence-corrected chi connectivity index (χ3v) is 2.97. The van der Waals surface area contributed by atoms with Crippen molar-refractivity contribution in [1.29, 1.82) is 0 Å². The Balaban J connectivity index is 2.42. The predicted molar refractivity (Wildman–Crippen MR) is 47.6 cm³/mol. The Bertz CT molecular complexity index is 363. The molecule has 0 radical (unpaired) electrons. The maximum absolute atomic E-state index is 12.8. The average molecular weight is 219 g/mol. The molecule has 1 saturated carbocycles. The van der Waals surface area contributed by atoms with Crippen LogP contribution in [0.4, 0.5) is 13.2 Å². The predicted octanol–water partition coefficient (Wildman–Crippen LogP) is 3.39. The minimum atomic E-state index is -4.21. The van der Waals surface area contributed by atoms with Crippen molar-refractivity contribution in [3.05, 3.63) is 17.5 Å². The van der Waals surface area contributed by atoms with Crippen molar-refractivity contribution in [3.8, 4) is 0 Å². The van der Waals surface area contributed by atoms with Gasteiger partial charge in [0.1, 0.15) is 17.4 Å². The monoisotopic (exact) mass is 219 g/mol. The molecule has 0 saturated heterocycles. The van der Waals surface area contributed by atoms with E-state index >= 15 is 0 Å². The van der Waals surface area contributed by atoms with Crippen molar-refractivity contribution in [2.24, 2.45) is 0 Å². The van der Waals surface area contributed by atoms with Gasteiger partial charge in [-0.1, -0.05) is 19.0 Å². The molecule has 0 N–H and O–H groups in total. The first kappa shape index (κ1) is 10.5. The number of hydrogen-bond donors (Lipinski definition) is 0. The van der Waals surface area contributed by atoms with E-state index in [1.165, 1.54) is 6.26 Å². The lowest BCUT2D eigenvalue weighted by atomic mass is 9.93. The summed E-state index contributed by atoms with van der Waals surface area (Å²) in [6.45, 7) is 3.67. The van der Waals surface area contributed by atoms with Gasteiger partial charge in [-0.05, 0) is 18.8 Å². The summed E-state index contributed by atoms with van der Waals surface area (Å²) in [5.74, 6) is 0.00562. The number of nitrogens with zero attached hydrogens (tertiary/aromatic N) is 1. The number of rotatable bonds is 2. The summed E-state index contributed by atoms with van der Waals surface area (Å²) >= 11 is 0. The fourth-order valence-electron chi connectivity index (χ4n) is 1.80. The Morgan fingerprint density at radius 1 is 1.40 bits per heavy atom. The molecule has 1 aromatic heterocycles. The molecule has 2 nitrogen and oxygen atoms in total. The number of alkyl halides is 3. The smallest absolute Gasteiger partial charge is 0.364 e. The first-order valence-electron chi connectivity index (χ1n) is 4.90. The largest absolute Gasteiger partial charge is 0.400 e. The van der Waals surface area contributed by atoms with Crippen LogP contribution in [0.3, 0.4) is 0 Å². The quantitative estimate of drug-likeness (QED) is 0.761. The first-order chi connectivity index (χ1) is 6.88.